The zero-order valence-corrected chi connectivity index (χ0v) is 13.7. The molecule has 0 fully saturated rings. The van der Waals surface area contributed by atoms with Gasteiger partial charge in [0.2, 0.25) is 0 Å². The molecule has 0 saturated heterocycles. The predicted octanol–water partition coefficient (Wildman–Crippen LogP) is 4.85. The van der Waals surface area contributed by atoms with Crippen LogP contribution in [0.5, 0.6) is 11.5 Å². The summed E-state index contributed by atoms with van der Waals surface area (Å²) in [5.74, 6) is 1.78. The maximum Gasteiger partial charge on any atom is 0.130 e. The van der Waals surface area contributed by atoms with E-state index < -0.39 is 0 Å². The molecule has 112 valence electrons. The van der Waals surface area contributed by atoms with Crippen LogP contribution in [0.3, 0.4) is 0 Å². The molecule has 0 radical (unpaired) electrons. The highest BCUT2D eigenvalue weighted by Gasteiger charge is 2.15. The van der Waals surface area contributed by atoms with E-state index in [0.717, 1.165) is 28.2 Å². The largest absolute Gasteiger partial charge is 0.457 e. The fourth-order valence-electron chi connectivity index (χ4n) is 2.23. The van der Waals surface area contributed by atoms with Crippen LogP contribution in [0.4, 0.5) is 0 Å². The standard InChI is InChI=1S/C19H25NO/c1-13-6-7-15(12-20)11-18(13)21-17-9-8-16(10-14(17)2)19(3,4)5/h6-11H,12,20H2,1-5H3. The lowest BCUT2D eigenvalue weighted by molar-refractivity contribution is 0.473. The van der Waals surface area contributed by atoms with Crippen molar-refractivity contribution in [3.05, 3.63) is 58.7 Å². The second kappa shape index (κ2) is 5.90. The van der Waals surface area contributed by atoms with Crippen molar-refractivity contribution in [3.63, 3.8) is 0 Å². The molecule has 2 N–H and O–H groups in total. The first-order valence-corrected chi connectivity index (χ1v) is 7.40. The topological polar surface area (TPSA) is 35.2 Å². The zero-order valence-electron chi connectivity index (χ0n) is 13.7. The van der Waals surface area contributed by atoms with Gasteiger partial charge in [-0.3, -0.25) is 0 Å². The smallest absolute Gasteiger partial charge is 0.130 e. The molecule has 0 heterocycles. The maximum atomic E-state index is 6.09. The van der Waals surface area contributed by atoms with Crippen LogP contribution in [0.2, 0.25) is 0 Å². The Morgan fingerprint density at radius 1 is 0.905 bits per heavy atom. The predicted molar refractivity (Wildman–Crippen MR) is 89.0 cm³/mol. The summed E-state index contributed by atoms with van der Waals surface area (Å²) in [5.41, 5.74) is 10.5. The van der Waals surface area contributed by atoms with E-state index in [1.54, 1.807) is 0 Å². The van der Waals surface area contributed by atoms with Gasteiger partial charge < -0.3 is 10.5 Å². The van der Waals surface area contributed by atoms with Crippen LogP contribution in [-0.2, 0) is 12.0 Å². The second-order valence-corrected chi connectivity index (χ2v) is 6.64. The van der Waals surface area contributed by atoms with Gasteiger partial charge in [-0.05, 0) is 53.6 Å². The number of benzene rings is 2. The van der Waals surface area contributed by atoms with Crippen molar-refractivity contribution in [3.8, 4) is 11.5 Å². The molecule has 2 rings (SSSR count). The molecule has 0 bridgehead atoms. The molecule has 21 heavy (non-hydrogen) atoms. The highest BCUT2D eigenvalue weighted by atomic mass is 16.5. The minimum atomic E-state index is 0.151. The van der Waals surface area contributed by atoms with Gasteiger partial charge >= 0.3 is 0 Å². The molecule has 2 aromatic rings. The van der Waals surface area contributed by atoms with Gasteiger partial charge in [0.05, 0.1) is 0 Å². The molecular formula is C19H25NO. The molecule has 2 heteroatoms. The number of hydrogen-bond acceptors (Lipinski definition) is 2. The van der Waals surface area contributed by atoms with E-state index in [4.69, 9.17) is 10.5 Å². The van der Waals surface area contributed by atoms with Crippen LogP contribution in [0.25, 0.3) is 0 Å². The van der Waals surface area contributed by atoms with Crippen LogP contribution in [0, 0.1) is 13.8 Å². The van der Waals surface area contributed by atoms with Crippen molar-refractivity contribution in [1.82, 2.24) is 0 Å². The molecule has 0 amide bonds. The summed E-state index contributed by atoms with van der Waals surface area (Å²) in [5, 5.41) is 0. The van der Waals surface area contributed by atoms with E-state index in [-0.39, 0.29) is 5.41 Å². The average molecular weight is 283 g/mol. The Balaban J connectivity index is 2.32. The van der Waals surface area contributed by atoms with Crippen molar-refractivity contribution >= 4 is 0 Å². The second-order valence-electron chi connectivity index (χ2n) is 6.64. The molecule has 0 spiro atoms. The SMILES string of the molecule is Cc1cc(C(C)(C)C)ccc1Oc1cc(CN)ccc1C. The summed E-state index contributed by atoms with van der Waals surface area (Å²) in [4.78, 5) is 0. The Labute approximate surface area is 127 Å². The molecule has 2 aromatic carbocycles. The van der Waals surface area contributed by atoms with E-state index >= 15 is 0 Å². The summed E-state index contributed by atoms with van der Waals surface area (Å²) < 4.78 is 6.09. The van der Waals surface area contributed by atoms with E-state index in [2.05, 4.69) is 58.9 Å². The lowest BCUT2D eigenvalue weighted by Crippen LogP contribution is -2.11. The summed E-state index contributed by atoms with van der Waals surface area (Å²) >= 11 is 0. The van der Waals surface area contributed by atoms with Gasteiger partial charge in [0, 0.05) is 6.54 Å². The summed E-state index contributed by atoms with van der Waals surface area (Å²) in [7, 11) is 0. The Morgan fingerprint density at radius 2 is 1.62 bits per heavy atom. The molecule has 0 unspecified atom stereocenters. The minimum absolute atomic E-state index is 0.151. The van der Waals surface area contributed by atoms with Crippen molar-refractivity contribution in [2.75, 3.05) is 0 Å². The van der Waals surface area contributed by atoms with Crippen molar-refractivity contribution in [2.24, 2.45) is 5.73 Å². The molecule has 0 aromatic heterocycles. The molecule has 0 aliphatic heterocycles. The minimum Gasteiger partial charge on any atom is -0.457 e. The quantitative estimate of drug-likeness (QED) is 0.873. The number of nitrogens with two attached hydrogens (primary N) is 1. The van der Waals surface area contributed by atoms with E-state index in [1.807, 2.05) is 12.1 Å². The van der Waals surface area contributed by atoms with Crippen LogP contribution >= 0.6 is 0 Å². The normalized spacial score (nSPS) is 11.5. The molecule has 0 saturated carbocycles. The fourth-order valence-corrected chi connectivity index (χ4v) is 2.23. The number of ether oxygens (including phenoxy) is 1. The van der Waals surface area contributed by atoms with Crippen molar-refractivity contribution in [2.45, 2.75) is 46.6 Å². The summed E-state index contributed by atoms with van der Waals surface area (Å²) in [6.07, 6.45) is 0. The van der Waals surface area contributed by atoms with Crippen molar-refractivity contribution in [1.29, 1.82) is 0 Å². The molecule has 0 atom stereocenters. The lowest BCUT2D eigenvalue weighted by atomic mass is 9.86. The van der Waals surface area contributed by atoms with Gasteiger partial charge in [-0.25, -0.2) is 0 Å². The number of rotatable bonds is 3. The fraction of sp³-hybridized carbons (Fsp3) is 0.368. The maximum absolute atomic E-state index is 6.09. The Morgan fingerprint density at radius 3 is 2.19 bits per heavy atom. The monoisotopic (exact) mass is 283 g/mol. The Kier molecular flexibility index (Phi) is 4.38. The van der Waals surface area contributed by atoms with E-state index in [0.29, 0.717) is 6.54 Å². The number of hydrogen-bond donors (Lipinski definition) is 1. The van der Waals surface area contributed by atoms with Gasteiger partial charge in [-0.15, -0.1) is 0 Å². The Hall–Kier alpha value is -1.80. The summed E-state index contributed by atoms with van der Waals surface area (Å²) in [6.45, 7) is 11.3. The third-order valence-electron chi connectivity index (χ3n) is 3.75. The van der Waals surface area contributed by atoms with Gasteiger partial charge in [0.1, 0.15) is 11.5 Å². The van der Waals surface area contributed by atoms with Gasteiger partial charge in [0.25, 0.3) is 0 Å². The lowest BCUT2D eigenvalue weighted by Gasteiger charge is -2.21. The molecule has 0 aliphatic carbocycles. The van der Waals surface area contributed by atoms with Crippen LogP contribution < -0.4 is 10.5 Å². The highest BCUT2D eigenvalue weighted by molar-refractivity contribution is 5.44. The van der Waals surface area contributed by atoms with Crippen LogP contribution in [0.1, 0.15) is 43.0 Å². The van der Waals surface area contributed by atoms with Gasteiger partial charge in [-0.2, -0.15) is 0 Å². The van der Waals surface area contributed by atoms with Crippen LogP contribution in [0.15, 0.2) is 36.4 Å². The third kappa shape index (κ3) is 3.64. The van der Waals surface area contributed by atoms with Crippen LogP contribution in [-0.4, -0.2) is 0 Å². The van der Waals surface area contributed by atoms with E-state index in [1.165, 1.54) is 5.56 Å². The van der Waals surface area contributed by atoms with Crippen molar-refractivity contribution < 1.29 is 4.74 Å². The average Bonchev–Trinajstić information content (AvgIpc) is 2.42. The van der Waals surface area contributed by atoms with Gasteiger partial charge in [-0.1, -0.05) is 45.0 Å². The summed E-state index contributed by atoms with van der Waals surface area (Å²) in [6, 6.07) is 12.5. The Bertz CT molecular complexity index is 638. The van der Waals surface area contributed by atoms with Gasteiger partial charge in [0.15, 0.2) is 0 Å². The van der Waals surface area contributed by atoms with E-state index in [9.17, 15) is 0 Å². The third-order valence-corrected chi connectivity index (χ3v) is 3.75. The first-order chi connectivity index (χ1) is 9.81. The number of aryl methyl sites for hydroxylation is 2. The zero-order chi connectivity index (χ0) is 15.6. The first-order valence-electron chi connectivity index (χ1n) is 7.40. The molecule has 0 aliphatic rings. The highest BCUT2D eigenvalue weighted by Crippen LogP contribution is 2.32. The molecule has 2 nitrogen and oxygen atoms in total. The first kappa shape index (κ1) is 15.6. The molecular weight excluding hydrogens is 258 g/mol.